The molecule has 0 atom stereocenters. The van der Waals surface area contributed by atoms with E-state index in [1.165, 1.54) is 11.1 Å². The summed E-state index contributed by atoms with van der Waals surface area (Å²) >= 11 is 0. The molecule has 20 heavy (non-hydrogen) atoms. The number of hydrogen-bond acceptors (Lipinski definition) is 1. The van der Waals surface area contributed by atoms with Crippen LogP contribution in [0.2, 0.25) is 0 Å². The molecule has 1 aliphatic carbocycles. The van der Waals surface area contributed by atoms with Crippen LogP contribution in [0, 0.1) is 0 Å². The summed E-state index contributed by atoms with van der Waals surface area (Å²) in [5.41, 5.74) is 5.56. The molecule has 100 valence electrons. The Labute approximate surface area is 118 Å². The van der Waals surface area contributed by atoms with Gasteiger partial charge in [0.25, 0.3) is 0 Å². The number of rotatable bonds is 1. The molecule has 2 nitrogen and oxygen atoms in total. The Hall–Kier alpha value is -2.35. The van der Waals surface area contributed by atoms with Gasteiger partial charge in [0.05, 0.1) is 0 Å². The van der Waals surface area contributed by atoms with E-state index in [1.54, 1.807) is 6.07 Å². The fourth-order valence-corrected chi connectivity index (χ4v) is 2.85. The molecule has 0 fully saturated rings. The fourth-order valence-electron chi connectivity index (χ4n) is 2.85. The van der Waals surface area contributed by atoms with E-state index in [-0.39, 0.29) is 5.43 Å². The summed E-state index contributed by atoms with van der Waals surface area (Å²) in [6.45, 7) is 6.79. The lowest BCUT2D eigenvalue weighted by atomic mass is 9.92. The molecule has 3 rings (SSSR count). The monoisotopic (exact) mass is 263 g/mol. The van der Waals surface area contributed by atoms with Gasteiger partial charge in [-0.3, -0.25) is 4.79 Å². The van der Waals surface area contributed by atoms with E-state index in [1.807, 2.05) is 30.5 Å². The Morgan fingerprint density at radius 2 is 2.20 bits per heavy atom. The SMILES string of the molecule is C=CC=C1/C(=C\C)CCn2cc3c(=O)cccc-3cc21. The highest BCUT2D eigenvalue weighted by atomic mass is 16.1. The summed E-state index contributed by atoms with van der Waals surface area (Å²) in [6.07, 6.45) is 9.00. The van der Waals surface area contributed by atoms with Crippen molar-refractivity contribution in [3.63, 3.8) is 0 Å². The van der Waals surface area contributed by atoms with Crippen LogP contribution in [-0.2, 0) is 6.54 Å². The quantitative estimate of drug-likeness (QED) is 0.765. The smallest absolute Gasteiger partial charge is 0.187 e. The van der Waals surface area contributed by atoms with Gasteiger partial charge in [-0.25, -0.2) is 0 Å². The lowest BCUT2D eigenvalue weighted by Gasteiger charge is -2.26. The third-order valence-corrected chi connectivity index (χ3v) is 3.86. The summed E-state index contributed by atoms with van der Waals surface area (Å²) in [4.78, 5) is 11.9. The van der Waals surface area contributed by atoms with Crippen LogP contribution in [0.1, 0.15) is 19.0 Å². The van der Waals surface area contributed by atoms with Crippen molar-refractivity contribution >= 4 is 5.57 Å². The van der Waals surface area contributed by atoms with Gasteiger partial charge in [-0.05, 0) is 36.6 Å². The Kier molecular flexibility index (Phi) is 3.15. The highest BCUT2D eigenvalue weighted by molar-refractivity contribution is 5.82. The number of pyridine rings is 1. The Bertz CT molecular complexity index is 761. The second kappa shape index (κ2) is 4.97. The summed E-state index contributed by atoms with van der Waals surface area (Å²) in [5, 5.41) is 0. The van der Waals surface area contributed by atoms with Crippen LogP contribution in [0.15, 0.2) is 65.6 Å². The molecular weight excluding hydrogens is 246 g/mol. The first kappa shape index (κ1) is 12.7. The Morgan fingerprint density at radius 3 is 2.95 bits per heavy atom. The van der Waals surface area contributed by atoms with Gasteiger partial charge in [0.2, 0.25) is 0 Å². The molecule has 0 bridgehead atoms. The second-order valence-corrected chi connectivity index (χ2v) is 4.99. The maximum atomic E-state index is 11.9. The van der Waals surface area contributed by atoms with Crippen molar-refractivity contribution in [2.24, 2.45) is 0 Å². The third kappa shape index (κ3) is 1.94. The van der Waals surface area contributed by atoms with E-state index in [4.69, 9.17) is 0 Å². The summed E-state index contributed by atoms with van der Waals surface area (Å²) in [5.74, 6) is 0. The van der Waals surface area contributed by atoms with Crippen LogP contribution >= 0.6 is 0 Å². The average Bonchev–Trinajstić information content (AvgIpc) is 2.47. The number of hydrogen-bond donors (Lipinski definition) is 0. The molecule has 0 aromatic rings. The molecule has 0 saturated heterocycles. The molecule has 2 aliphatic heterocycles. The van der Waals surface area contributed by atoms with Crippen LogP contribution < -0.4 is 5.43 Å². The van der Waals surface area contributed by atoms with Gasteiger partial charge in [0.15, 0.2) is 5.43 Å². The summed E-state index contributed by atoms with van der Waals surface area (Å²) in [7, 11) is 0. The maximum absolute atomic E-state index is 11.9. The zero-order chi connectivity index (χ0) is 14.1. The number of aryl methyl sites for hydroxylation is 1. The van der Waals surface area contributed by atoms with Gasteiger partial charge in [0, 0.05) is 29.6 Å². The number of benzene rings is 1. The van der Waals surface area contributed by atoms with E-state index >= 15 is 0 Å². The van der Waals surface area contributed by atoms with Crippen molar-refractivity contribution < 1.29 is 0 Å². The van der Waals surface area contributed by atoms with Crippen molar-refractivity contribution in [1.29, 1.82) is 0 Å². The van der Waals surface area contributed by atoms with Gasteiger partial charge < -0.3 is 4.57 Å². The van der Waals surface area contributed by atoms with Gasteiger partial charge >= 0.3 is 0 Å². The minimum atomic E-state index is 0.0869. The first-order chi connectivity index (χ1) is 9.74. The van der Waals surface area contributed by atoms with Crippen molar-refractivity contribution in [2.75, 3.05) is 0 Å². The van der Waals surface area contributed by atoms with Gasteiger partial charge in [-0.15, -0.1) is 0 Å². The molecule has 0 aromatic heterocycles. The molecule has 0 N–H and O–H groups in total. The van der Waals surface area contributed by atoms with E-state index in [0.717, 1.165) is 29.8 Å². The van der Waals surface area contributed by atoms with E-state index < -0.39 is 0 Å². The zero-order valence-corrected chi connectivity index (χ0v) is 11.6. The van der Waals surface area contributed by atoms with E-state index in [0.29, 0.717) is 0 Å². The average molecular weight is 263 g/mol. The molecule has 0 unspecified atom stereocenters. The lowest BCUT2D eigenvalue weighted by Crippen LogP contribution is -2.17. The predicted molar refractivity (Wildman–Crippen MR) is 83.9 cm³/mol. The lowest BCUT2D eigenvalue weighted by molar-refractivity contribution is 0.664. The second-order valence-electron chi connectivity index (χ2n) is 4.99. The molecule has 2 heteroatoms. The highest BCUT2D eigenvalue weighted by Crippen LogP contribution is 2.34. The van der Waals surface area contributed by atoms with Gasteiger partial charge in [-0.1, -0.05) is 36.9 Å². The predicted octanol–water partition coefficient (Wildman–Crippen LogP) is 3.87. The molecule has 2 heterocycles. The van der Waals surface area contributed by atoms with Gasteiger partial charge in [0.1, 0.15) is 0 Å². The third-order valence-electron chi connectivity index (χ3n) is 3.86. The van der Waals surface area contributed by atoms with Crippen LogP contribution in [0.5, 0.6) is 0 Å². The van der Waals surface area contributed by atoms with Crippen LogP contribution in [0.25, 0.3) is 16.7 Å². The van der Waals surface area contributed by atoms with Crippen LogP contribution in [-0.4, -0.2) is 4.57 Å². The zero-order valence-electron chi connectivity index (χ0n) is 11.6. The van der Waals surface area contributed by atoms with Crippen molar-refractivity contribution in [3.05, 3.63) is 76.8 Å². The van der Waals surface area contributed by atoms with E-state index in [9.17, 15) is 4.79 Å². The minimum absolute atomic E-state index is 0.0869. The molecule has 3 aliphatic rings. The Morgan fingerprint density at radius 1 is 1.35 bits per heavy atom. The largest absolute Gasteiger partial charge is 0.346 e. The maximum Gasteiger partial charge on any atom is 0.187 e. The fraction of sp³-hybridized carbons (Fsp3) is 0.167. The highest BCUT2D eigenvalue weighted by Gasteiger charge is 2.19. The molecule has 0 aromatic carbocycles. The summed E-state index contributed by atoms with van der Waals surface area (Å²) < 4.78 is 2.17. The number of nitrogens with zero attached hydrogens (tertiary/aromatic N) is 1. The Balaban J connectivity index is 2.32. The number of fused-ring (bicyclic) bond motifs is 2. The van der Waals surface area contributed by atoms with Crippen LogP contribution in [0.3, 0.4) is 0 Å². The van der Waals surface area contributed by atoms with Crippen molar-refractivity contribution in [1.82, 2.24) is 4.57 Å². The molecule has 0 saturated carbocycles. The topological polar surface area (TPSA) is 22.0 Å². The first-order valence-electron chi connectivity index (χ1n) is 6.86. The van der Waals surface area contributed by atoms with Crippen LogP contribution in [0.4, 0.5) is 0 Å². The first-order valence-corrected chi connectivity index (χ1v) is 6.86. The molecule has 0 amide bonds. The standard InChI is InChI=1S/C18H17NO/c1-3-6-15-13(4-2)9-10-19-12-16-14(11-17(15)19)7-5-8-18(16)20/h3-8,11-12H,1,9-10H2,2H3/b13-4-,15-6?. The summed E-state index contributed by atoms with van der Waals surface area (Å²) in [6, 6.07) is 7.54. The minimum Gasteiger partial charge on any atom is -0.346 e. The number of allylic oxidation sites excluding steroid dienone is 5. The van der Waals surface area contributed by atoms with Crippen molar-refractivity contribution in [2.45, 2.75) is 19.9 Å². The molecule has 0 radical (unpaired) electrons. The molecule has 0 spiro atoms. The van der Waals surface area contributed by atoms with Crippen molar-refractivity contribution in [3.8, 4) is 11.1 Å². The number of aromatic nitrogens is 1. The van der Waals surface area contributed by atoms with E-state index in [2.05, 4.69) is 30.2 Å². The normalized spacial score (nSPS) is 18.4. The molecular formula is C18H17NO. The van der Waals surface area contributed by atoms with Gasteiger partial charge in [-0.2, -0.15) is 0 Å².